The summed E-state index contributed by atoms with van der Waals surface area (Å²) < 4.78 is 0. The van der Waals surface area contributed by atoms with Crippen molar-refractivity contribution in [2.75, 3.05) is 0 Å². The van der Waals surface area contributed by atoms with Crippen LogP contribution in [0.25, 0.3) is 11.1 Å². The van der Waals surface area contributed by atoms with Gasteiger partial charge < -0.3 is 0 Å². The minimum absolute atomic E-state index is 1.09. The molecule has 1 radical (unpaired) electrons. The maximum absolute atomic E-state index is 5.57. The van der Waals surface area contributed by atoms with Gasteiger partial charge in [0.15, 0.2) is 0 Å². The Hall–Kier alpha value is -1.63. The van der Waals surface area contributed by atoms with Gasteiger partial charge in [-0.2, -0.15) is 0 Å². The first-order chi connectivity index (χ1) is 7.31. The van der Waals surface area contributed by atoms with Gasteiger partial charge in [0.25, 0.3) is 0 Å². The molecule has 2 aromatic carbocycles. The molecule has 0 atom stereocenters. The van der Waals surface area contributed by atoms with E-state index in [1.54, 1.807) is 5.97 Å². The zero-order chi connectivity index (χ0) is 10.7. The van der Waals surface area contributed by atoms with Crippen molar-refractivity contribution < 1.29 is 0 Å². The van der Waals surface area contributed by atoms with E-state index in [9.17, 15) is 0 Å². The first-order valence-corrected chi connectivity index (χ1v) is 5.02. The van der Waals surface area contributed by atoms with E-state index < -0.39 is 0 Å². The summed E-state index contributed by atoms with van der Waals surface area (Å²) in [7, 11) is 5.57. The summed E-state index contributed by atoms with van der Waals surface area (Å²) in [4.78, 5) is 0. The zero-order valence-electron chi connectivity index (χ0n) is 8.77. The Morgan fingerprint density at radius 3 is 2.33 bits per heavy atom. The molecule has 15 heavy (non-hydrogen) atoms. The van der Waals surface area contributed by atoms with Gasteiger partial charge >= 0.3 is 91.2 Å². The number of benzene rings is 2. The van der Waals surface area contributed by atoms with Crippen molar-refractivity contribution in [3.8, 4) is 11.1 Å². The Morgan fingerprint density at radius 1 is 0.933 bits per heavy atom. The van der Waals surface area contributed by atoms with Crippen molar-refractivity contribution in [3.63, 3.8) is 0 Å². The van der Waals surface area contributed by atoms with E-state index in [2.05, 4.69) is 37.3 Å². The van der Waals surface area contributed by atoms with Crippen molar-refractivity contribution in [3.05, 3.63) is 59.7 Å². The molecule has 0 N–H and O–H groups in total. The monoisotopic (exact) mass is 191 g/mol. The fraction of sp³-hybridized carbons (Fsp3) is 0.0714. The van der Waals surface area contributed by atoms with Crippen molar-refractivity contribution in [1.82, 2.24) is 0 Å². The van der Waals surface area contributed by atoms with Crippen LogP contribution in [0.3, 0.4) is 0 Å². The Labute approximate surface area is 91.7 Å². The van der Waals surface area contributed by atoms with Crippen LogP contribution in [-0.2, 0) is 0 Å². The SMILES string of the molecule is [B]=Cc1cc(-c2ccccc2)ccc1C. The number of hydrogen-bond acceptors (Lipinski definition) is 0. The van der Waals surface area contributed by atoms with E-state index in [1.807, 2.05) is 18.2 Å². The van der Waals surface area contributed by atoms with E-state index in [1.165, 1.54) is 16.7 Å². The molecule has 0 aromatic heterocycles. The minimum atomic E-state index is 1.09. The first-order valence-electron chi connectivity index (χ1n) is 5.02. The van der Waals surface area contributed by atoms with Crippen LogP contribution in [0.1, 0.15) is 11.1 Å². The average molecular weight is 191 g/mol. The number of aryl methyl sites for hydroxylation is 1. The fourth-order valence-corrected chi connectivity index (χ4v) is 1.63. The molecule has 0 bridgehead atoms. The van der Waals surface area contributed by atoms with E-state index in [4.69, 9.17) is 7.49 Å². The second-order valence-corrected chi connectivity index (χ2v) is 3.60. The molecule has 0 saturated heterocycles. The zero-order valence-corrected chi connectivity index (χ0v) is 8.77. The topological polar surface area (TPSA) is 0 Å². The van der Waals surface area contributed by atoms with Crippen molar-refractivity contribution in [1.29, 1.82) is 0 Å². The molecule has 0 heterocycles. The van der Waals surface area contributed by atoms with Gasteiger partial charge in [0.2, 0.25) is 0 Å². The van der Waals surface area contributed by atoms with Gasteiger partial charge in [-0.25, -0.2) is 0 Å². The molecule has 0 aliphatic heterocycles. The third kappa shape index (κ3) is 2.07. The van der Waals surface area contributed by atoms with Crippen LogP contribution < -0.4 is 0 Å². The molecular weight excluding hydrogens is 179 g/mol. The molecule has 0 nitrogen and oxygen atoms in total. The molecule has 0 amide bonds. The van der Waals surface area contributed by atoms with Gasteiger partial charge in [0.05, 0.1) is 0 Å². The Bertz CT molecular complexity index is 472. The molecule has 0 aliphatic carbocycles. The van der Waals surface area contributed by atoms with Crippen LogP contribution in [0.4, 0.5) is 0 Å². The van der Waals surface area contributed by atoms with Crippen molar-refractivity contribution in [2.24, 2.45) is 0 Å². The van der Waals surface area contributed by atoms with Crippen LogP contribution in [0.2, 0.25) is 0 Å². The Morgan fingerprint density at radius 2 is 1.67 bits per heavy atom. The normalized spacial score (nSPS) is 9.87. The van der Waals surface area contributed by atoms with Crippen LogP contribution in [0, 0.1) is 6.92 Å². The van der Waals surface area contributed by atoms with Crippen LogP contribution in [0.5, 0.6) is 0 Å². The summed E-state index contributed by atoms with van der Waals surface area (Å²) in [6, 6.07) is 16.6. The average Bonchev–Trinajstić information content (AvgIpc) is 2.31. The molecule has 0 spiro atoms. The molecule has 0 unspecified atom stereocenters. The Balaban J connectivity index is 2.51. The molecule has 0 saturated carbocycles. The first kappa shape index (κ1) is 9.91. The molecule has 1 heteroatoms. The van der Waals surface area contributed by atoms with Crippen LogP contribution >= 0.6 is 0 Å². The van der Waals surface area contributed by atoms with E-state index in [-0.39, 0.29) is 0 Å². The predicted octanol–water partition coefficient (Wildman–Crippen LogP) is 2.98. The van der Waals surface area contributed by atoms with E-state index >= 15 is 0 Å². The number of hydrogen-bond donors (Lipinski definition) is 0. The summed E-state index contributed by atoms with van der Waals surface area (Å²) >= 11 is 0. The Kier molecular flexibility index (Phi) is 2.82. The van der Waals surface area contributed by atoms with Gasteiger partial charge in [-0.3, -0.25) is 0 Å². The summed E-state index contributed by atoms with van der Waals surface area (Å²) in [5.74, 6) is 1.65. The molecular formula is C14H12B. The van der Waals surface area contributed by atoms with E-state index in [0.29, 0.717) is 0 Å². The van der Waals surface area contributed by atoms with E-state index in [0.717, 1.165) is 5.56 Å². The van der Waals surface area contributed by atoms with Crippen molar-refractivity contribution in [2.45, 2.75) is 6.92 Å². The third-order valence-electron chi connectivity index (χ3n) is 2.57. The van der Waals surface area contributed by atoms with Crippen LogP contribution in [0.15, 0.2) is 48.5 Å². The van der Waals surface area contributed by atoms with Gasteiger partial charge in [-0.15, -0.1) is 0 Å². The standard InChI is InChI=1S/C14H12B/c1-11-7-8-13(9-14(11)10-15)12-5-3-2-4-6-12/h2-10H,1H3. The number of rotatable bonds is 2. The quantitative estimate of drug-likeness (QED) is 0.640. The van der Waals surface area contributed by atoms with Crippen molar-refractivity contribution >= 4 is 13.5 Å². The van der Waals surface area contributed by atoms with Crippen LogP contribution in [-0.4, -0.2) is 13.5 Å². The maximum atomic E-state index is 5.57. The predicted molar refractivity (Wildman–Crippen MR) is 67.5 cm³/mol. The fourth-order valence-electron chi connectivity index (χ4n) is 1.63. The van der Waals surface area contributed by atoms with Gasteiger partial charge in [-0.05, 0) is 0 Å². The second-order valence-electron chi connectivity index (χ2n) is 3.60. The third-order valence-corrected chi connectivity index (χ3v) is 2.57. The molecule has 2 aromatic rings. The molecule has 0 fully saturated rings. The molecule has 2 rings (SSSR count). The summed E-state index contributed by atoms with van der Waals surface area (Å²) in [5.41, 5.74) is 4.73. The van der Waals surface area contributed by atoms with Gasteiger partial charge in [-0.1, -0.05) is 0 Å². The van der Waals surface area contributed by atoms with Gasteiger partial charge in [0, 0.05) is 0 Å². The van der Waals surface area contributed by atoms with Gasteiger partial charge in [0.1, 0.15) is 0 Å². The molecule has 0 aliphatic rings. The summed E-state index contributed by atoms with van der Waals surface area (Å²) in [6.45, 7) is 2.06. The second kappa shape index (κ2) is 4.27. The summed E-state index contributed by atoms with van der Waals surface area (Å²) in [5, 5.41) is 0. The summed E-state index contributed by atoms with van der Waals surface area (Å²) in [6.07, 6.45) is 0. The molecule has 71 valence electrons.